The van der Waals surface area contributed by atoms with Gasteiger partial charge in [0, 0.05) is 6.54 Å². The molecule has 82 valence electrons. The third kappa shape index (κ3) is 2.82. The number of hydrogen-bond acceptors (Lipinski definition) is 1. The van der Waals surface area contributed by atoms with E-state index in [0.29, 0.717) is 0 Å². The number of benzene rings is 1. The van der Waals surface area contributed by atoms with Crippen molar-refractivity contribution in [3.05, 3.63) is 34.9 Å². The highest BCUT2D eigenvalue weighted by Gasteiger charge is 2.08. The van der Waals surface area contributed by atoms with Gasteiger partial charge in [-0.2, -0.15) is 0 Å². The summed E-state index contributed by atoms with van der Waals surface area (Å²) in [5, 5.41) is 3.46. The monoisotopic (exact) mass is 203 g/mol. The Labute approximate surface area is 92.9 Å². The van der Waals surface area contributed by atoms with Crippen LogP contribution >= 0.6 is 0 Å². The first-order valence-corrected chi connectivity index (χ1v) is 6.07. The Kier molecular flexibility index (Phi) is 3.42. The minimum absolute atomic E-state index is 0.756. The van der Waals surface area contributed by atoms with Crippen LogP contribution in [0.1, 0.15) is 37.0 Å². The van der Waals surface area contributed by atoms with Gasteiger partial charge in [-0.1, -0.05) is 32.0 Å². The van der Waals surface area contributed by atoms with Crippen LogP contribution < -0.4 is 5.32 Å². The molecule has 0 saturated carbocycles. The summed E-state index contributed by atoms with van der Waals surface area (Å²) in [4.78, 5) is 0. The number of fused-ring (bicyclic) bond motifs is 1. The summed E-state index contributed by atoms with van der Waals surface area (Å²) in [5.74, 6) is 0.756. The molecular weight excluding hydrogens is 182 g/mol. The molecule has 0 aromatic heterocycles. The van der Waals surface area contributed by atoms with E-state index in [-0.39, 0.29) is 0 Å². The summed E-state index contributed by atoms with van der Waals surface area (Å²) < 4.78 is 0. The van der Waals surface area contributed by atoms with Gasteiger partial charge < -0.3 is 5.32 Å². The van der Waals surface area contributed by atoms with E-state index in [1.807, 2.05) is 0 Å². The first-order chi connectivity index (χ1) is 7.25. The van der Waals surface area contributed by atoms with E-state index in [4.69, 9.17) is 0 Å². The molecule has 0 aliphatic carbocycles. The smallest absolute Gasteiger partial charge is 0.0208 e. The second-order valence-corrected chi connectivity index (χ2v) is 4.98. The maximum Gasteiger partial charge on any atom is 0.0208 e. The van der Waals surface area contributed by atoms with Gasteiger partial charge in [0.25, 0.3) is 0 Å². The molecule has 1 heteroatoms. The molecule has 1 aliphatic heterocycles. The van der Waals surface area contributed by atoms with Gasteiger partial charge >= 0.3 is 0 Å². The summed E-state index contributed by atoms with van der Waals surface area (Å²) in [6, 6.07) is 7.03. The lowest BCUT2D eigenvalue weighted by atomic mass is 9.96. The van der Waals surface area contributed by atoms with Gasteiger partial charge in [-0.25, -0.2) is 0 Å². The Morgan fingerprint density at radius 2 is 2.13 bits per heavy atom. The zero-order chi connectivity index (χ0) is 10.7. The molecule has 1 nitrogen and oxygen atoms in total. The average Bonchev–Trinajstić information content (AvgIpc) is 2.41. The van der Waals surface area contributed by atoms with Crippen LogP contribution in [0.4, 0.5) is 0 Å². The molecule has 0 bridgehead atoms. The van der Waals surface area contributed by atoms with Crippen molar-refractivity contribution in [1.29, 1.82) is 0 Å². The average molecular weight is 203 g/mol. The Bertz CT molecular complexity index is 328. The van der Waals surface area contributed by atoms with Crippen LogP contribution in [0.5, 0.6) is 0 Å². The predicted molar refractivity (Wildman–Crippen MR) is 65.0 cm³/mol. The van der Waals surface area contributed by atoms with E-state index in [2.05, 4.69) is 37.4 Å². The van der Waals surface area contributed by atoms with E-state index < -0.39 is 0 Å². The molecule has 0 amide bonds. The van der Waals surface area contributed by atoms with Gasteiger partial charge in [0.1, 0.15) is 0 Å². The lowest BCUT2D eigenvalue weighted by molar-refractivity contribution is 0.646. The van der Waals surface area contributed by atoms with Crippen molar-refractivity contribution in [2.75, 3.05) is 6.54 Å². The molecule has 0 saturated heterocycles. The zero-order valence-corrected chi connectivity index (χ0v) is 9.84. The van der Waals surface area contributed by atoms with Crippen molar-refractivity contribution in [2.45, 2.75) is 39.7 Å². The summed E-state index contributed by atoms with van der Waals surface area (Å²) >= 11 is 0. The Morgan fingerprint density at radius 3 is 2.93 bits per heavy atom. The molecule has 0 radical (unpaired) electrons. The second-order valence-electron chi connectivity index (χ2n) is 4.98. The van der Waals surface area contributed by atoms with Crippen molar-refractivity contribution in [3.8, 4) is 0 Å². The molecule has 0 fully saturated rings. The molecule has 0 spiro atoms. The quantitative estimate of drug-likeness (QED) is 0.779. The minimum Gasteiger partial charge on any atom is -0.313 e. The molecular formula is C14H21N. The second kappa shape index (κ2) is 4.80. The van der Waals surface area contributed by atoms with Gasteiger partial charge in [-0.05, 0) is 48.4 Å². The first kappa shape index (κ1) is 10.7. The van der Waals surface area contributed by atoms with Crippen molar-refractivity contribution in [3.63, 3.8) is 0 Å². The van der Waals surface area contributed by atoms with Crippen LogP contribution in [0, 0.1) is 5.92 Å². The Hall–Kier alpha value is -0.820. The molecule has 1 aromatic rings. The molecule has 0 unspecified atom stereocenters. The largest absolute Gasteiger partial charge is 0.313 e. The van der Waals surface area contributed by atoms with E-state index >= 15 is 0 Å². The molecule has 1 aliphatic rings. The summed E-state index contributed by atoms with van der Waals surface area (Å²) in [7, 11) is 0. The summed E-state index contributed by atoms with van der Waals surface area (Å²) in [6.07, 6.45) is 3.73. The fourth-order valence-corrected chi connectivity index (χ4v) is 2.31. The van der Waals surface area contributed by atoms with Gasteiger partial charge in [-0.3, -0.25) is 0 Å². The van der Waals surface area contributed by atoms with Gasteiger partial charge in [0.15, 0.2) is 0 Å². The van der Waals surface area contributed by atoms with E-state index in [9.17, 15) is 0 Å². The van der Waals surface area contributed by atoms with Crippen molar-refractivity contribution in [1.82, 2.24) is 5.32 Å². The Morgan fingerprint density at radius 1 is 1.27 bits per heavy atom. The van der Waals surface area contributed by atoms with E-state index in [1.165, 1.54) is 30.4 Å². The van der Waals surface area contributed by atoms with Gasteiger partial charge in [-0.15, -0.1) is 0 Å². The number of aryl methyl sites for hydroxylation is 1. The Balaban J connectivity index is 2.20. The van der Waals surface area contributed by atoms with Crippen LogP contribution in [0.25, 0.3) is 0 Å². The molecule has 1 N–H and O–H groups in total. The standard InChI is InChI=1S/C14H21N/c1-11(2)8-12-5-6-14-10-15-7-3-4-13(14)9-12/h5-6,9,11,15H,3-4,7-8,10H2,1-2H3. The highest BCUT2D eigenvalue weighted by atomic mass is 14.8. The molecule has 0 atom stereocenters. The third-order valence-corrected chi connectivity index (χ3v) is 3.03. The minimum atomic E-state index is 0.756. The van der Waals surface area contributed by atoms with Crippen LogP contribution in [0.2, 0.25) is 0 Å². The van der Waals surface area contributed by atoms with Crippen molar-refractivity contribution >= 4 is 0 Å². The van der Waals surface area contributed by atoms with Gasteiger partial charge in [0.05, 0.1) is 0 Å². The fraction of sp³-hybridized carbons (Fsp3) is 0.571. The highest BCUT2D eigenvalue weighted by molar-refractivity contribution is 5.33. The highest BCUT2D eigenvalue weighted by Crippen LogP contribution is 2.18. The van der Waals surface area contributed by atoms with Crippen molar-refractivity contribution in [2.24, 2.45) is 5.92 Å². The lowest BCUT2D eigenvalue weighted by Crippen LogP contribution is -2.11. The first-order valence-electron chi connectivity index (χ1n) is 6.07. The number of hydrogen-bond donors (Lipinski definition) is 1. The molecule has 15 heavy (non-hydrogen) atoms. The maximum absolute atomic E-state index is 3.46. The zero-order valence-electron chi connectivity index (χ0n) is 9.84. The normalized spacial score (nSPS) is 16.2. The van der Waals surface area contributed by atoms with Crippen LogP contribution in [-0.4, -0.2) is 6.54 Å². The van der Waals surface area contributed by atoms with Crippen LogP contribution in [0.3, 0.4) is 0 Å². The van der Waals surface area contributed by atoms with Crippen LogP contribution in [0.15, 0.2) is 18.2 Å². The maximum atomic E-state index is 3.46. The van der Waals surface area contributed by atoms with E-state index in [1.54, 1.807) is 5.56 Å². The topological polar surface area (TPSA) is 12.0 Å². The van der Waals surface area contributed by atoms with E-state index in [0.717, 1.165) is 19.0 Å². The number of nitrogens with one attached hydrogen (secondary N) is 1. The van der Waals surface area contributed by atoms with Crippen molar-refractivity contribution < 1.29 is 0 Å². The predicted octanol–water partition coefficient (Wildman–Crippen LogP) is 2.92. The fourth-order valence-electron chi connectivity index (χ4n) is 2.31. The molecule has 1 aromatic carbocycles. The van der Waals surface area contributed by atoms with Gasteiger partial charge in [0.2, 0.25) is 0 Å². The number of rotatable bonds is 2. The molecule has 2 rings (SSSR count). The van der Waals surface area contributed by atoms with Crippen LogP contribution in [-0.2, 0) is 19.4 Å². The molecule has 1 heterocycles. The lowest BCUT2D eigenvalue weighted by Gasteiger charge is -2.10. The summed E-state index contributed by atoms with van der Waals surface area (Å²) in [5.41, 5.74) is 4.57. The SMILES string of the molecule is CC(C)Cc1ccc2c(c1)CCCNC2. The summed E-state index contributed by atoms with van der Waals surface area (Å²) in [6.45, 7) is 6.78. The third-order valence-electron chi connectivity index (χ3n) is 3.03.